The van der Waals surface area contributed by atoms with Crippen molar-refractivity contribution in [1.29, 1.82) is 0 Å². The number of piperidine rings is 1. The predicted octanol–water partition coefficient (Wildman–Crippen LogP) is 4.16. The average Bonchev–Trinajstić information content (AvgIpc) is 3.06. The second-order valence-electron chi connectivity index (χ2n) is 8.45. The number of nitrogens with one attached hydrogen (secondary N) is 1. The van der Waals surface area contributed by atoms with Gasteiger partial charge in [0.15, 0.2) is 0 Å². The van der Waals surface area contributed by atoms with Gasteiger partial charge in [-0.2, -0.15) is 0 Å². The number of benzene rings is 1. The maximum absolute atomic E-state index is 12.7. The normalized spacial score (nSPS) is 14.9. The first-order chi connectivity index (χ1) is 14.9. The zero-order valence-corrected chi connectivity index (χ0v) is 18.6. The first kappa shape index (κ1) is 21.2. The van der Waals surface area contributed by atoms with Crippen molar-refractivity contribution < 1.29 is 13.9 Å². The Balaban J connectivity index is 1.32. The van der Waals surface area contributed by atoms with Crippen LogP contribution in [0.25, 0.3) is 11.1 Å². The molecular formula is C24H30N4O3. The van der Waals surface area contributed by atoms with E-state index in [4.69, 9.17) is 9.15 Å². The summed E-state index contributed by atoms with van der Waals surface area (Å²) in [6, 6.07) is 7.89. The summed E-state index contributed by atoms with van der Waals surface area (Å²) in [5.41, 5.74) is 2.77. The van der Waals surface area contributed by atoms with E-state index in [2.05, 4.69) is 20.2 Å². The molecule has 3 heterocycles. The molecule has 0 aliphatic carbocycles. The van der Waals surface area contributed by atoms with Crippen molar-refractivity contribution in [1.82, 2.24) is 15.3 Å². The van der Waals surface area contributed by atoms with Gasteiger partial charge >= 0.3 is 0 Å². The van der Waals surface area contributed by atoms with Gasteiger partial charge in [0.2, 0.25) is 11.6 Å². The van der Waals surface area contributed by atoms with Gasteiger partial charge < -0.3 is 19.4 Å². The molecule has 7 heteroatoms. The Labute approximate surface area is 182 Å². The number of nitrogens with zero attached hydrogens (tertiary/aromatic N) is 3. The summed E-state index contributed by atoms with van der Waals surface area (Å²) < 4.78 is 11.4. The zero-order valence-electron chi connectivity index (χ0n) is 18.6. The average molecular weight is 423 g/mol. The fourth-order valence-electron chi connectivity index (χ4n) is 4.05. The zero-order chi connectivity index (χ0) is 22.0. The van der Waals surface area contributed by atoms with Crippen molar-refractivity contribution in [2.24, 2.45) is 5.92 Å². The third kappa shape index (κ3) is 4.65. The summed E-state index contributed by atoms with van der Waals surface area (Å²) in [5.74, 6) is 2.76. The molecule has 1 saturated heterocycles. The quantitative estimate of drug-likeness (QED) is 0.642. The highest BCUT2D eigenvalue weighted by molar-refractivity contribution is 5.90. The third-order valence-corrected chi connectivity index (χ3v) is 5.87. The summed E-state index contributed by atoms with van der Waals surface area (Å²) in [5, 5.41) is 4.07. The summed E-state index contributed by atoms with van der Waals surface area (Å²) >= 11 is 0. The SMILES string of the molecule is Cc1oc2ncnc(N3CCC(C(=O)NCc4ccc(OC(C)C)cc4)CC3)c2c1C. The van der Waals surface area contributed by atoms with Gasteiger partial charge in [0.25, 0.3) is 0 Å². The van der Waals surface area contributed by atoms with Crippen LogP contribution in [0, 0.1) is 19.8 Å². The van der Waals surface area contributed by atoms with Gasteiger partial charge in [0.1, 0.15) is 23.7 Å². The van der Waals surface area contributed by atoms with E-state index in [0.717, 1.165) is 59.8 Å². The van der Waals surface area contributed by atoms with Gasteiger partial charge in [0, 0.05) is 31.1 Å². The smallest absolute Gasteiger partial charge is 0.231 e. The van der Waals surface area contributed by atoms with E-state index in [1.807, 2.05) is 52.0 Å². The van der Waals surface area contributed by atoms with E-state index < -0.39 is 0 Å². The number of aryl methyl sites for hydroxylation is 2. The van der Waals surface area contributed by atoms with Crippen molar-refractivity contribution in [3.05, 3.63) is 47.5 Å². The Kier molecular flexibility index (Phi) is 6.11. The Bertz CT molecular complexity index is 1050. The van der Waals surface area contributed by atoms with Gasteiger partial charge in [-0.3, -0.25) is 4.79 Å². The lowest BCUT2D eigenvalue weighted by Gasteiger charge is -2.32. The first-order valence-electron chi connectivity index (χ1n) is 10.9. The number of ether oxygens (including phenoxy) is 1. The maximum Gasteiger partial charge on any atom is 0.231 e. The van der Waals surface area contributed by atoms with Crippen molar-refractivity contribution in [2.75, 3.05) is 18.0 Å². The molecule has 1 N–H and O–H groups in total. The van der Waals surface area contributed by atoms with E-state index in [0.29, 0.717) is 12.3 Å². The molecule has 0 unspecified atom stereocenters. The molecule has 0 radical (unpaired) electrons. The third-order valence-electron chi connectivity index (χ3n) is 5.87. The molecule has 4 rings (SSSR count). The molecule has 1 aromatic carbocycles. The number of hydrogen-bond acceptors (Lipinski definition) is 6. The lowest BCUT2D eigenvalue weighted by molar-refractivity contribution is -0.125. The topological polar surface area (TPSA) is 80.5 Å². The van der Waals surface area contributed by atoms with Crippen LogP contribution in [0.15, 0.2) is 35.0 Å². The lowest BCUT2D eigenvalue weighted by atomic mass is 9.95. The van der Waals surface area contributed by atoms with Crippen molar-refractivity contribution in [3.63, 3.8) is 0 Å². The van der Waals surface area contributed by atoms with Crippen LogP contribution >= 0.6 is 0 Å². The van der Waals surface area contributed by atoms with Crippen LogP contribution in [-0.4, -0.2) is 35.1 Å². The molecule has 1 aliphatic rings. The van der Waals surface area contributed by atoms with Gasteiger partial charge in [-0.25, -0.2) is 9.97 Å². The van der Waals surface area contributed by atoms with E-state index in [-0.39, 0.29) is 17.9 Å². The van der Waals surface area contributed by atoms with E-state index in [9.17, 15) is 4.79 Å². The van der Waals surface area contributed by atoms with Crippen LogP contribution in [-0.2, 0) is 11.3 Å². The van der Waals surface area contributed by atoms with Crippen molar-refractivity contribution >= 4 is 22.8 Å². The minimum Gasteiger partial charge on any atom is -0.491 e. The van der Waals surface area contributed by atoms with Crippen LogP contribution in [0.3, 0.4) is 0 Å². The Morgan fingerprint density at radius 1 is 1.19 bits per heavy atom. The first-order valence-corrected chi connectivity index (χ1v) is 10.9. The van der Waals surface area contributed by atoms with Crippen LogP contribution in [0.4, 0.5) is 5.82 Å². The molecule has 0 bridgehead atoms. The van der Waals surface area contributed by atoms with Crippen LogP contribution in [0.1, 0.15) is 43.6 Å². The summed E-state index contributed by atoms with van der Waals surface area (Å²) in [6.45, 7) is 10.1. The van der Waals surface area contributed by atoms with Crippen molar-refractivity contribution in [2.45, 2.75) is 53.2 Å². The largest absolute Gasteiger partial charge is 0.491 e. The summed E-state index contributed by atoms with van der Waals surface area (Å²) in [4.78, 5) is 23.7. The number of fused-ring (bicyclic) bond motifs is 1. The predicted molar refractivity (Wildman–Crippen MR) is 120 cm³/mol. The highest BCUT2D eigenvalue weighted by Gasteiger charge is 2.27. The van der Waals surface area contributed by atoms with E-state index in [1.165, 1.54) is 0 Å². The number of carbonyl (C=O) groups is 1. The number of anilines is 1. The molecule has 3 aromatic rings. The number of rotatable bonds is 6. The molecule has 2 aromatic heterocycles. The fourth-order valence-corrected chi connectivity index (χ4v) is 4.05. The Hall–Kier alpha value is -3.09. The number of aromatic nitrogens is 2. The van der Waals surface area contributed by atoms with Crippen LogP contribution < -0.4 is 15.0 Å². The minimum atomic E-state index is 0.0179. The van der Waals surface area contributed by atoms with Crippen LogP contribution in [0.2, 0.25) is 0 Å². The number of amides is 1. The van der Waals surface area contributed by atoms with Crippen LogP contribution in [0.5, 0.6) is 5.75 Å². The van der Waals surface area contributed by atoms with E-state index in [1.54, 1.807) is 6.33 Å². The van der Waals surface area contributed by atoms with E-state index >= 15 is 0 Å². The molecular weight excluding hydrogens is 392 g/mol. The van der Waals surface area contributed by atoms with Gasteiger partial charge in [-0.05, 0) is 58.2 Å². The molecule has 31 heavy (non-hydrogen) atoms. The lowest BCUT2D eigenvalue weighted by Crippen LogP contribution is -2.40. The second-order valence-corrected chi connectivity index (χ2v) is 8.45. The van der Waals surface area contributed by atoms with Gasteiger partial charge in [0.05, 0.1) is 11.5 Å². The molecule has 0 spiro atoms. The van der Waals surface area contributed by atoms with Gasteiger partial charge in [-0.15, -0.1) is 0 Å². The Morgan fingerprint density at radius 3 is 2.58 bits per heavy atom. The molecule has 7 nitrogen and oxygen atoms in total. The molecule has 0 saturated carbocycles. The number of furan rings is 1. The highest BCUT2D eigenvalue weighted by atomic mass is 16.5. The summed E-state index contributed by atoms with van der Waals surface area (Å²) in [6.07, 6.45) is 3.30. The highest BCUT2D eigenvalue weighted by Crippen LogP contribution is 2.32. The van der Waals surface area contributed by atoms with Gasteiger partial charge in [-0.1, -0.05) is 12.1 Å². The fraction of sp³-hybridized carbons (Fsp3) is 0.458. The Morgan fingerprint density at radius 2 is 1.90 bits per heavy atom. The molecule has 1 aliphatic heterocycles. The molecule has 164 valence electrons. The monoisotopic (exact) mass is 422 g/mol. The molecule has 0 atom stereocenters. The molecule has 1 amide bonds. The maximum atomic E-state index is 12.7. The number of carbonyl (C=O) groups excluding carboxylic acids is 1. The summed E-state index contributed by atoms with van der Waals surface area (Å²) in [7, 11) is 0. The van der Waals surface area contributed by atoms with Crippen molar-refractivity contribution in [3.8, 4) is 5.75 Å². The second kappa shape index (κ2) is 8.96. The molecule has 1 fully saturated rings. The number of hydrogen-bond donors (Lipinski definition) is 1. The minimum absolute atomic E-state index is 0.0179. The standard InChI is InChI=1S/C24H30N4O3/c1-15(2)30-20-7-5-18(6-8-20)13-25-23(29)19-9-11-28(12-10-19)22-21-16(3)17(4)31-24(21)27-14-26-22/h5-8,14-15,19H,9-13H2,1-4H3,(H,25,29).